The number of hydrogen-bond acceptors (Lipinski definition) is 4. The molecule has 116 valence electrons. The Bertz CT molecular complexity index is 471. The van der Waals surface area contributed by atoms with Crippen molar-refractivity contribution in [1.29, 1.82) is 0 Å². The third-order valence-corrected chi connectivity index (χ3v) is 3.20. The van der Waals surface area contributed by atoms with Gasteiger partial charge in [-0.2, -0.15) is 13.2 Å². The molecule has 0 aliphatic carbocycles. The van der Waals surface area contributed by atoms with Gasteiger partial charge in [0.15, 0.2) is 0 Å². The van der Waals surface area contributed by atoms with E-state index in [1.165, 1.54) is 6.07 Å². The third kappa shape index (κ3) is 4.59. The molecule has 1 aromatic heterocycles. The fourth-order valence-electron chi connectivity index (χ4n) is 1.80. The number of pyridine rings is 1. The molecule has 5 nitrogen and oxygen atoms in total. The molecule has 2 rings (SSSR count). The Balaban J connectivity index is 1.63. The molecule has 0 unspecified atom stereocenters. The number of hydrogen-bond donors (Lipinski definition) is 3. The van der Waals surface area contributed by atoms with Gasteiger partial charge in [0.25, 0.3) is 0 Å². The van der Waals surface area contributed by atoms with Crippen LogP contribution in [0.25, 0.3) is 0 Å². The van der Waals surface area contributed by atoms with Crippen LogP contribution >= 0.6 is 0 Å². The number of nitrogens with one attached hydrogen (secondary N) is 3. The van der Waals surface area contributed by atoms with Crippen molar-refractivity contribution in [2.45, 2.75) is 12.6 Å². The summed E-state index contributed by atoms with van der Waals surface area (Å²) < 4.78 is 37.0. The number of amides is 1. The maximum Gasteiger partial charge on any atom is 0.417 e. The summed E-state index contributed by atoms with van der Waals surface area (Å²) >= 11 is 0. The number of carbonyl (C=O) groups is 1. The van der Waals surface area contributed by atoms with Gasteiger partial charge in [0.05, 0.1) is 11.5 Å². The molecule has 0 saturated carbocycles. The molecule has 0 radical (unpaired) electrons. The molecular weight excluding hydrogens is 285 g/mol. The van der Waals surface area contributed by atoms with E-state index < -0.39 is 11.7 Å². The van der Waals surface area contributed by atoms with Crippen LogP contribution < -0.4 is 16.0 Å². The van der Waals surface area contributed by atoms with Crippen molar-refractivity contribution in [3.8, 4) is 0 Å². The van der Waals surface area contributed by atoms with Crippen molar-refractivity contribution >= 4 is 11.7 Å². The van der Waals surface area contributed by atoms with Gasteiger partial charge in [-0.15, -0.1) is 0 Å². The number of alkyl halides is 3. The average Bonchev–Trinajstić information content (AvgIpc) is 2.36. The summed E-state index contributed by atoms with van der Waals surface area (Å²) in [7, 11) is 0. The largest absolute Gasteiger partial charge is 0.417 e. The summed E-state index contributed by atoms with van der Waals surface area (Å²) in [4.78, 5) is 15.2. The van der Waals surface area contributed by atoms with Crippen LogP contribution in [0.4, 0.5) is 19.0 Å². The zero-order chi connectivity index (χ0) is 15.3. The highest BCUT2D eigenvalue weighted by atomic mass is 19.4. The minimum atomic E-state index is -4.37. The average molecular weight is 302 g/mol. The lowest BCUT2D eigenvalue weighted by molar-refractivity contribution is -0.137. The van der Waals surface area contributed by atoms with Crippen LogP contribution in [-0.4, -0.2) is 37.1 Å². The molecule has 1 aliphatic heterocycles. The summed E-state index contributed by atoms with van der Waals surface area (Å²) in [5.41, 5.74) is -0.769. The molecule has 1 fully saturated rings. The zero-order valence-electron chi connectivity index (χ0n) is 11.3. The van der Waals surface area contributed by atoms with E-state index in [1.807, 2.05) is 0 Å². The van der Waals surface area contributed by atoms with E-state index in [2.05, 4.69) is 20.9 Å². The number of rotatable bonds is 6. The number of carbonyl (C=O) groups excluding carboxylic acids is 1. The van der Waals surface area contributed by atoms with Crippen LogP contribution in [0.2, 0.25) is 0 Å². The van der Waals surface area contributed by atoms with Gasteiger partial charge in [-0.3, -0.25) is 4.79 Å². The summed E-state index contributed by atoms with van der Waals surface area (Å²) in [6.07, 6.45) is -2.89. The lowest BCUT2D eigenvalue weighted by Crippen LogP contribution is -2.50. The first-order chi connectivity index (χ1) is 9.97. The maximum atomic E-state index is 12.3. The van der Waals surface area contributed by atoms with Crippen LogP contribution in [0.5, 0.6) is 0 Å². The van der Waals surface area contributed by atoms with Crippen molar-refractivity contribution in [3.63, 3.8) is 0 Å². The number of nitrogens with zero attached hydrogens (tertiary/aromatic N) is 1. The maximum absolute atomic E-state index is 12.3. The minimum absolute atomic E-state index is 0.0430. The van der Waals surface area contributed by atoms with Crippen molar-refractivity contribution in [1.82, 2.24) is 15.6 Å². The quantitative estimate of drug-likeness (QED) is 0.692. The predicted molar refractivity (Wildman–Crippen MR) is 71.7 cm³/mol. The second kappa shape index (κ2) is 6.75. The lowest BCUT2D eigenvalue weighted by Gasteiger charge is -2.25. The first kappa shape index (κ1) is 15.6. The highest BCUT2D eigenvalue weighted by molar-refractivity contribution is 5.79. The first-order valence-electron chi connectivity index (χ1n) is 6.72. The molecule has 0 bridgehead atoms. The second-order valence-corrected chi connectivity index (χ2v) is 4.86. The molecule has 0 atom stereocenters. The van der Waals surface area contributed by atoms with Crippen molar-refractivity contribution in [2.75, 3.05) is 31.5 Å². The Kier molecular flexibility index (Phi) is 5.00. The second-order valence-electron chi connectivity index (χ2n) is 4.86. The number of anilines is 1. The van der Waals surface area contributed by atoms with Gasteiger partial charge in [0.1, 0.15) is 5.82 Å². The topological polar surface area (TPSA) is 66.0 Å². The van der Waals surface area contributed by atoms with Crippen molar-refractivity contribution in [3.05, 3.63) is 23.9 Å². The summed E-state index contributed by atoms with van der Waals surface area (Å²) in [6, 6.07) is 2.28. The monoisotopic (exact) mass is 302 g/mol. The Labute approximate surface area is 120 Å². The van der Waals surface area contributed by atoms with Crippen molar-refractivity contribution < 1.29 is 18.0 Å². The Hall–Kier alpha value is -1.83. The van der Waals surface area contributed by atoms with Crippen LogP contribution in [-0.2, 0) is 11.0 Å². The van der Waals surface area contributed by atoms with E-state index >= 15 is 0 Å². The molecule has 1 aromatic rings. The highest BCUT2D eigenvalue weighted by Gasteiger charge is 2.30. The van der Waals surface area contributed by atoms with E-state index in [0.29, 0.717) is 25.3 Å². The molecule has 8 heteroatoms. The molecule has 0 spiro atoms. The molecule has 21 heavy (non-hydrogen) atoms. The van der Waals surface area contributed by atoms with E-state index in [-0.39, 0.29) is 11.8 Å². The number of halogens is 3. The van der Waals surface area contributed by atoms with Gasteiger partial charge < -0.3 is 16.0 Å². The first-order valence-corrected chi connectivity index (χ1v) is 6.72. The molecule has 1 aliphatic rings. The van der Waals surface area contributed by atoms with E-state index in [1.54, 1.807) is 0 Å². The predicted octanol–water partition coefficient (Wildman–Crippen LogP) is 1.24. The number of aromatic nitrogens is 1. The van der Waals surface area contributed by atoms with Gasteiger partial charge in [0.2, 0.25) is 5.91 Å². The fraction of sp³-hybridized carbons (Fsp3) is 0.538. The zero-order valence-corrected chi connectivity index (χ0v) is 11.3. The van der Waals surface area contributed by atoms with E-state index in [4.69, 9.17) is 0 Å². The van der Waals surface area contributed by atoms with Gasteiger partial charge in [-0.05, 0) is 18.6 Å². The van der Waals surface area contributed by atoms with Crippen LogP contribution in [0, 0.1) is 5.92 Å². The van der Waals surface area contributed by atoms with E-state index in [9.17, 15) is 18.0 Å². The van der Waals surface area contributed by atoms with Gasteiger partial charge in [-0.25, -0.2) is 4.98 Å². The Morgan fingerprint density at radius 2 is 2.10 bits per heavy atom. The van der Waals surface area contributed by atoms with Crippen LogP contribution in [0.3, 0.4) is 0 Å². The fourth-order valence-corrected chi connectivity index (χ4v) is 1.80. The lowest BCUT2D eigenvalue weighted by atomic mass is 10.0. The molecule has 1 amide bonds. The molecule has 2 heterocycles. The van der Waals surface area contributed by atoms with E-state index in [0.717, 1.165) is 25.4 Å². The summed E-state index contributed by atoms with van der Waals surface area (Å²) in [5, 5.41) is 8.74. The Morgan fingerprint density at radius 1 is 1.33 bits per heavy atom. The molecule has 3 N–H and O–H groups in total. The molecule has 1 saturated heterocycles. The van der Waals surface area contributed by atoms with Gasteiger partial charge in [-0.1, -0.05) is 0 Å². The minimum Gasteiger partial charge on any atom is -0.370 e. The smallest absolute Gasteiger partial charge is 0.370 e. The van der Waals surface area contributed by atoms with Crippen LogP contribution in [0.1, 0.15) is 12.0 Å². The standard InChI is InChI=1S/C13H17F3N4O/c14-13(15,16)10-2-3-11(20-8-10)18-4-1-5-19-12(21)9-6-17-7-9/h2-3,8-9,17H,1,4-7H2,(H,18,20)(H,19,21). The van der Waals surface area contributed by atoms with Gasteiger partial charge in [0, 0.05) is 32.4 Å². The van der Waals surface area contributed by atoms with Gasteiger partial charge >= 0.3 is 6.18 Å². The third-order valence-electron chi connectivity index (χ3n) is 3.20. The Morgan fingerprint density at radius 3 is 2.62 bits per heavy atom. The highest BCUT2D eigenvalue weighted by Crippen LogP contribution is 2.28. The van der Waals surface area contributed by atoms with Crippen LogP contribution in [0.15, 0.2) is 18.3 Å². The summed E-state index contributed by atoms with van der Waals surface area (Å²) in [6.45, 7) is 2.50. The molecular formula is C13H17F3N4O. The summed E-state index contributed by atoms with van der Waals surface area (Å²) in [5.74, 6) is 0.494. The molecule has 0 aromatic carbocycles. The van der Waals surface area contributed by atoms with Crippen molar-refractivity contribution in [2.24, 2.45) is 5.92 Å². The normalized spacial score (nSPS) is 15.4. The SMILES string of the molecule is O=C(NCCCNc1ccc(C(F)(F)F)cn1)C1CNC1.